The van der Waals surface area contributed by atoms with Crippen molar-refractivity contribution in [2.45, 2.75) is 26.8 Å². The first-order valence-electron chi connectivity index (χ1n) is 9.07. The smallest absolute Gasteiger partial charge is 0.255 e. The lowest BCUT2D eigenvalue weighted by Gasteiger charge is -2.22. The van der Waals surface area contributed by atoms with E-state index in [1.165, 1.54) is 12.1 Å². The number of benzene rings is 2. The average Bonchev–Trinajstić information content (AvgIpc) is 2.66. The highest BCUT2D eigenvalue weighted by Gasteiger charge is 2.26. The summed E-state index contributed by atoms with van der Waals surface area (Å²) in [5, 5.41) is 5.53. The molecule has 4 N–H and O–H groups in total. The zero-order chi connectivity index (χ0) is 20.7. The zero-order valence-corrected chi connectivity index (χ0v) is 16.2. The Morgan fingerprint density at radius 1 is 1.04 bits per heavy atom. The van der Waals surface area contributed by atoms with Gasteiger partial charge in [-0.3, -0.25) is 14.4 Å². The Morgan fingerprint density at radius 3 is 2.25 bits per heavy atom. The van der Waals surface area contributed by atoms with Crippen LogP contribution in [0.25, 0.3) is 0 Å². The molecule has 0 radical (unpaired) electrons. The summed E-state index contributed by atoms with van der Waals surface area (Å²) in [7, 11) is 0. The van der Waals surface area contributed by atoms with Gasteiger partial charge in [0.15, 0.2) is 0 Å². The number of para-hydroxylation sites is 1. The standard InChI is InChI=1S/C21H25N3O4/c1-4-28-17-8-6-5-7-16(17)20(26)24-18(13(2)3)21(27)23-15-11-9-14(10-12-15)19(22)25/h5-13,18H,4H2,1-3H3,(H2,22,25)(H,23,27)(H,24,26)/t18-/m0/s1. The first-order chi connectivity index (χ1) is 13.3. The number of amides is 3. The quantitative estimate of drug-likeness (QED) is 0.650. The Balaban J connectivity index is 2.13. The first-order valence-corrected chi connectivity index (χ1v) is 9.07. The van der Waals surface area contributed by atoms with Gasteiger partial charge in [-0.25, -0.2) is 0 Å². The minimum atomic E-state index is -0.752. The van der Waals surface area contributed by atoms with Crippen molar-refractivity contribution < 1.29 is 19.1 Å². The number of nitrogens with two attached hydrogens (primary N) is 1. The highest BCUT2D eigenvalue weighted by molar-refractivity contribution is 6.02. The molecule has 148 valence electrons. The number of hydrogen-bond donors (Lipinski definition) is 3. The SMILES string of the molecule is CCOc1ccccc1C(=O)N[C@H](C(=O)Nc1ccc(C(N)=O)cc1)C(C)C. The van der Waals surface area contributed by atoms with Crippen LogP contribution in [0.1, 0.15) is 41.5 Å². The number of carbonyl (C=O) groups is 3. The maximum Gasteiger partial charge on any atom is 0.255 e. The molecule has 0 bridgehead atoms. The van der Waals surface area contributed by atoms with Crippen molar-refractivity contribution in [3.05, 3.63) is 59.7 Å². The minimum absolute atomic E-state index is 0.145. The molecule has 3 amide bonds. The van der Waals surface area contributed by atoms with Crippen LogP contribution in [0.5, 0.6) is 5.75 Å². The van der Waals surface area contributed by atoms with E-state index in [2.05, 4.69) is 10.6 Å². The van der Waals surface area contributed by atoms with E-state index < -0.39 is 11.9 Å². The van der Waals surface area contributed by atoms with Gasteiger partial charge in [-0.15, -0.1) is 0 Å². The summed E-state index contributed by atoms with van der Waals surface area (Å²) in [4.78, 5) is 36.6. The van der Waals surface area contributed by atoms with Crippen LogP contribution < -0.4 is 21.1 Å². The summed E-state index contributed by atoms with van der Waals surface area (Å²) in [5.41, 5.74) is 6.43. The molecule has 0 spiro atoms. The molecule has 0 aliphatic rings. The van der Waals surface area contributed by atoms with Crippen molar-refractivity contribution in [2.75, 3.05) is 11.9 Å². The van der Waals surface area contributed by atoms with E-state index in [9.17, 15) is 14.4 Å². The molecule has 7 heteroatoms. The summed E-state index contributed by atoms with van der Waals surface area (Å²) in [6.07, 6.45) is 0. The number of rotatable bonds is 8. The molecule has 0 aliphatic heterocycles. The van der Waals surface area contributed by atoms with Gasteiger partial charge in [-0.05, 0) is 49.2 Å². The number of carbonyl (C=O) groups excluding carboxylic acids is 3. The summed E-state index contributed by atoms with van der Waals surface area (Å²) < 4.78 is 5.49. The van der Waals surface area contributed by atoms with Gasteiger partial charge < -0.3 is 21.1 Å². The maximum atomic E-state index is 12.7. The van der Waals surface area contributed by atoms with Gasteiger partial charge in [-0.1, -0.05) is 26.0 Å². The Hall–Kier alpha value is -3.35. The lowest BCUT2D eigenvalue weighted by molar-refractivity contribution is -0.118. The van der Waals surface area contributed by atoms with Crippen molar-refractivity contribution in [3.63, 3.8) is 0 Å². The van der Waals surface area contributed by atoms with Gasteiger partial charge >= 0.3 is 0 Å². The van der Waals surface area contributed by atoms with Crippen molar-refractivity contribution in [2.24, 2.45) is 11.7 Å². The predicted octanol–water partition coefficient (Wildman–Crippen LogP) is 2.58. The fourth-order valence-electron chi connectivity index (χ4n) is 2.63. The molecule has 7 nitrogen and oxygen atoms in total. The molecule has 2 aromatic rings. The molecule has 0 aliphatic carbocycles. The Labute approximate surface area is 164 Å². The first kappa shape index (κ1) is 21.0. The minimum Gasteiger partial charge on any atom is -0.493 e. The van der Waals surface area contributed by atoms with Crippen LogP contribution in [-0.4, -0.2) is 30.4 Å². The fourth-order valence-corrected chi connectivity index (χ4v) is 2.63. The number of anilines is 1. The molecule has 2 rings (SSSR count). The maximum absolute atomic E-state index is 12.7. The van der Waals surface area contributed by atoms with E-state index in [1.807, 2.05) is 20.8 Å². The number of ether oxygens (including phenoxy) is 1. The fraction of sp³-hybridized carbons (Fsp3) is 0.286. The van der Waals surface area contributed by atoms with Crippen LogP contribution in [0.2, 0.25) is 0 Å². The Morgan fingerprint density at radius 2 is 1.68 bits per heavy atom. The molecular formula is C21H25N3O4. The molecule has 0 unspecified atom stereocenters. The van der Waals surface area contributed by atoms with Crippen molar-refractivity contribution in [1.82, 2.24) is 5.32 Å². The third kappa shape index (κ3) is 5.33. The van der Waals surface area contributed by atoms with E-state index in [1.54, 1.807) is 36.4 Å². The second-order valence-electron chi connectivity index (χ2n) is 6.56. The number of primary amides is 1. The molecule has 0 heterocycles. The molecule has 0 saturated carbocycles. The molecule has 28 heavy (non-hydrogen) atoms. The van der Waals surface area contributed by atoms with E-state index in [0.717, 1.165) is 0 Å². The second kappa shape index (κ2) is 9.55. The van der Waals surface area contributed by atoms with E-state index >= 15 is 0 Å². The van der Waals surface area contributed by atoms with Crippen LogP contribution in [0.4, 0.5) is 5.69 Å². The van der Waals surface area contributed by atoms with Gasteiger partial charge in [0, 0.05) is 11.3 Å². The second-order valence-corrected chi connectivity index (χ2v) is 6.56. The van der Waals surface area contributed by atoms with Gasteiger partial charge in [0.25, 0.3) is 5.91 Å². The van der Waals surface area contributed by atoms with Crippen molar-refractivity contribution in [1.29, 1.82) is 0 Å². The summed E-state index contributed by atoms with van der Waals surface area (Å²) in [6.45, 7) is 5.95. The number of nitrogens with one attached hydrogen (secondary N) is 2. The molecule has 1 atom stereocenters. The predicted molar refractivity (Wildman–Crippen MR) is 107 cm³/mol. The van der Waals surface area contributed by atoms with Crippen LogP contribution >= 0.6 is 0 Å². The molecule has 0 fully saturated rings. The lowest BCUT2D eigenvalue weighted by Crippen LogP contribution is -2.47. The van der Waals surface area contributed by atoms with Crippen molar-refractivity contribution in [3.8, 4) is 5.75 Å². The largest absolute Gasteiger partial charge is 0.493 e. The van der Waals surface area contributed by atoms with E-state index in [-0.39, 0.29) is 17.7 Å². The normalized spacial score (nSPS) is 11.6. The van der Waals surface area contributed by atoms with E-state index in [4.69, 9.17) is 10.5 Å². The molecular weight excluding hydrogens is 358 g/mol. The van der Waals surface area contributed by atoms with Crippen LogP contribution in [0.3, 0.4) is 0 Å². The topological polar surface area (TPSA) is 111 Å². The Bertz CT molecular complexity index is 847. The highest BCUT2D eigenvalue weighted by Crippen LogP contribution is 2.19. The third-order valence-corrected chi connectivity index (χ3v) is 4.10. The summed E-state index contributed by atoms with van der Waals surface area (Å²) in [5.74, 6) is -0.968. The zero-order valence-electron chi connectivity index (χ0n) is 16.2. The van der Waals surface area contributed by atoms with Crippen LogP contribution in [-0.2, 0) is 4.79 Å². The van der Waals surface area contributed by atoms with Gasteiger partial charge in [0.05, 0.1) is 12.2 Å². The monoisotopic (exact) mass is 383 g/mol. The third-order valence-electron chi connectivity index (χ3n) is 4.10. The lowest BCUT2D eigenvalue weighted by atomic mass is 10.0. The summed E-state index contributed by atoms with van der Waals surface area (Å²) in [6, 6.07) is 12.4. The Kier molecular flexibility index (Phi) is 7.14. The number of hydrogen-bond acceptors (Lipinski definition) is 4. The van der Waals surface area contributed by atoms with Crippen LogP contribution in [0.15, 0.2) is 48.5 Å². The molecule has 2 aromatic carbocycles. The average molecular weight is 383 g/mol. The van der Waals surface area contributed by atoms with Crippen LogP contribution in [0, 0.1) is 5.92 Å². The van der Waals surface area contributed by atoms with Crippen molar-refractivity contribution >= 4 is 23.4 Å². The highest BCUT2D eigenvalue weighted by atomic mass is 16.5. The summed E-state index contributed by atoms with van der Waals surface area (Å²) >= 11 is 0. The molecule has 0 saturated heterocycles. The van der Waals surface area contributed by atoms with Gasteiger partial charge in [0.2, 0.25) is 11.8 Å². The van der Waals surface area contributed by atoms with E-state index in [0.29, 0.717) is 29.2 Å². The van der Waals surface area contributed by atoms with Gasteiger partial charge in [0.1, 0.15) is 11.8 Å². The molecule has 0 aromatic heterocycles. The van der Waals surface area contributed by atoms with Gasteiger partial charge in [-0.2, -0.15) is 0 Å².